The number of rotatable bonds is 7. The Morgan fingerprint density at radius 1 is 0.853 bits per heavy atom. The Hall–Kier alpha value is -2.40. The molecule has 1 heterocycles. The SMILES string of the molecule is CN1CCN(CC(c2ccc(OCc3ccc4ccccc4c3)cc2)C2(O)CCCCC2)CC1. The Morgan fingerprint density at radius 3 is 2.29 bits per heavy atom. The van der Waals surface area contributed by atoms with Crippen molar-refractivity contribution in [2.45, 2.75) is 50.2 Å². The van der Waals surface area contributed by atoms with Gasteiger partial charge >= 0.3 is 0 Å². The Balaban J connectivity index is 1.28. The highest BCUT2D eigenvalue weighted by Crippen LogP contribution is 2.41. The van der Waals surface area contributed by atoms with E-state index in [0.717, 1.165) is 64.2 Å². The molecule has 2 fully saturated rings. The highest BCUT2D eigenvalue weighted by molar-refractivity contribution is 5.82. The number of aliphatic hydroxyl groups is 1. The lowest BCUT2D eigenvalue weighted by Gasteiger charge is -2.43. The van der Waals surface area contributed by atoms with Crippen LogP contribution in [0.15, 0.2) is 66.7 Å². The van der Waals surface area contributed by atoms with Crippen molar-refractivity contribution in [1.29, 1.82) is 0 Å². The van der Waals surface area contributed by atoms with Gasteiger partial charge < -0.3 is 19.6 Å². The molecule has 34 heavy (non-hydrogen) atoms. The summed E-state index contributed by atoms with van der Waals surface area (Å²) in [5.74, 6) is 1.02. The van der Waals surface area contributed by atoms with Crippen molar-refractivity contribution in [2.75, 3.05) is 39.8 Å². The van der Waals surface area contributed by atoms with Crippen LogP contribution in [0, 0.1) is 0 Å². The minimum atomic E-state index is -0.602. The Bertz CT molecular complexity index is 1070. The molecule has 1 atom stereocenters. The number of likely N-dealkylation sites (N-methyl/N-ethyl adjacent to an activating group) is 1. The van der Waals surface area contributed by atoms with E-state index in [1.807, 2.05) is 0 Å². The lowest BCUT2D eigenvalue weighted by molar-refractivity contribution is -0.0337. The van der Waals surface area contributed by atoms with E-state index in [1.165, 1.54) is 28.3 Å². The summed E-state index contributed by atoms with van der Waals surface area (Å²) in [5.41, 5.74) is 1.81. The maximum atomic E-state index is 11.7. The summed E-state index contributed by atoms with van der Waals surface area (Å²) in [7, 11) is 2.19. The first-order valence-corrected chi connectivity index (χ1v) is 12.9. The van der Waals surface area contributed by atoms with Gasteiger partial charge in [-0.2, -0.15) is 0 Å². The van der Waals surface area contributed by atoms with E-state index < -0.39 is 5.60 Å². The van der Waals surface area contributed by atoms with Gasteiger partial charge in [-0.15, -0.1) is 0 Å². The minimum absolute atomic E-state index is 0.144. The van der Waals surface area contributed by atoms with Crippen LogP contribution in [-0.2, 0) is 6.61 Å². The third-order valence-corrected chi connectivity index (χ3v) is 7.91. The van der Waals surface area contributed by atoms with Crippen LogP contribution in [0.2, 0.25) is 0 Å². The molecule has 3 aromatic rings. The molecule has 5 rings (SSSR count). The van der Waals surface area contributed by atoms with Gasteiger partial charge in [-0.3, -0.25) is 0 Å². The van der Waals surface area contributed by atoms with Crippen molar-refractivity contribution in [3.05, 3.63) is 77.9 Å². The first kappa shape index (κ1) is 23.3. The quantitative estimate of drug-likeness (QED) is 0.511. The van der Waals surface area contributed by atoms with E-state index in [-0.39, 0.29) is 5.92 Å². The normalized spacial score (nSPS) is 20.3. The molecule has 4 heteroatoms. The second-order valence-corrected chi connectivity index (χ2v) is 10.4. The maximum Gasteiger partial charge on any atom is 0.119 e. The number of hydrogen-bond acceptors (Lipinski definition) is 4. The van der Waals surface area contributed by atoms with Crippen LogP contribution in [0.4, 0.5) is 0 Å². The molecule has 3 aromatic carbocycles. The van der Waals surface area contributed by atoms with Crippen LogP contribution in [0.25, 0.3) is 10.8 Å². The predicted octanol–water partition coefficient (Wildman–Crippen LogP) is 5.45. The number of nitrogens with zero attached hydrogens (tertiary/aromatic N) is 2. The van der Waals surface area contributed by atoms with Gasteiger partial charge in [0.1, 0.15) is 12.4 Å². The van der Waals surface area contributed by atoms with Crippen LogP contribution in [0.3, 0.4) is 0 Å². The summed E-state index contributed by atoms with van der Waals surface area (Å²) in [5, 5.41) is 14.2. The Morgan fingerprint density at radius 2 is 1.56 bits per heavy atom. The molecule has 2 aliphatic rings. The Kier molecular flexibility index (Phi) is 7.19. The fourth-order valence-electron chi connectivity index (χ4n) is 5.68. The van der Waals surface area contributed by atoms with Gasteiger partial charge in [0.05, 0.1) is 5.60 Å². The fourth-order valence-corrected chi connectivity index (χ4v) is 5.68. The average Bonchev–Trinajstić information content (AvgIpc) is 2.88. The van der Waals surface area contributed by atoms with E-state index in [0.29, 0.717) is 6.61 Å². The van der Waals surface area contributed by atoms with Gasteiger partial charge in [0.2, 0.25) is 0 Å². The molecule has 0 radical (unpaired) electrons. The molecule has 0 aromatic heterocycles. The second kappa shape index (κ2) is 10.5. The van der Waals surface area contributed by atoms with Crippen LogP contribution in [0.1, 0.15) is 49.1 Å². The summed E-state index contributed by atoms with van der Waals surface area (Å²) in [6, 6.07) is 23.5. The number of piperazine rings is 1. The van der Waals surface area contributed by atoms with E-state index in [9.17, 15) is 5.11 Å². The molecule has 0 amide bonds. The number of hydrogen-bond donors (Lipinski definition) is 1. The highest BCUT2D eigenvalue weighted by Gasteiger charge is 2.39. The third-order valence-electron chi connectivity index (χ3n) is 7.91. The molecule has 1 unspecified atom stereocenters. The van der Waals surface area contributed by atoms with Gasteiger partial charge in [0, 0.05) is 38.6 Å². The molecule has 0 spiro atoms. The lowest BCUT2D eigenvalue weighted by atomic mass is 9.72. The largest absolute Gasteiger partial charge is 0.489 e. The van der Waals surface area contributed by atoms with Crippen LogP contribution in [0.5, 0.6) is 5.75 Å². The minimum Gasteiger partial charge on any atom is -0.489 e. The van der Waals surface area contributed by atoms with Crippen LogP contribution in [-0.4, -0.2) is 60.3 Å². The van der Waals surface area contributed by atoms with Crippen molar-refractivity contribution >= 4 is 10.8 Å². The van der Waals surface area contributed by atoms with Crippen LogP contribution < -0.4 is 4.74 Å². The molecule has 4 nitrogen and oxygen atoms in total. The fraction of sp³-hybridized carbons (Fsp3) is 0.467. The summed E-state index contributed by atoms with van der Waals surface area (Å²) >= 11 is 0. The standard InChI is InChI=1S/C30H38N2O2/c1-31-17-19-32(20-18-31)22-29(30(33)15-5-2-6-16-30)26-11-13-28(14-12-26)34-23-24-9-10-25-7-3-4-8-27(25)21-24/h3-4,7-14,21,29,33H,2,5-6,15-20,22-23H2,1H3. The summed E-state index contributed by atoms with van der Waals surface area (Å²) in [6.45, 7) is 5.85. The second-order valence-electron chi connectivity index (χ2n) is 10.4. The van der Waals surface area contributed by atoms with Gasteiger partial charge in [0.15, 0.2) is 0 Å². The lowest BCUT2D eigenvalue weighted by Crippen LogP contribution is -2.50. The number of ether oxygens (including phenoxy) is 1. The molecule has 1 N–H and O–H groups in total. The zero-order valence-electron chi connectivity index (χ0n) is 20.5. The third kappa shape index (κ3) is 5.46. The highest BCUT2D eigenvalue weighted by atomic mass is 16.5. The average molecular weight is 459 g/mol. The maximum absolute atomic E-state index is 11.7. The first-order valence-electron chi connectivity index (χ1n) is 12.9. The predicted molar refractivity (Wildman–Crippen MR) is 139 cm³/mol. The van der Waals surface area contributed by atoms with Gasteiger partial charge in [-0.1, -0.05) is 67.8 Å². The van der Waals surface area contributed by atoms with E-state index in [2.05, 4.69) is 83.6 Å². The zero-order valence-corrected chi connectivity index (χ0v) is 20.5. The first-order chi connectivity index (χ1) is 16.6. The van der Waals surface area contributed by atoms with Crippen molar-refractivity contribution in [3.63, 3.8) is 0 Å². The molecule has 0 bridgehead atoms. The van der Waals surface area contributed by atoms with Gasteiger partial charge in [-0.25, -0.2) is 0 Å². The number of fused-ring (bicyclic) bond motifs is 1. The van der Waals surface area contributed by atoms with Gasteiger partial charge in [0.25, 0.3) is 0 Å². The van der Waals surface area contributed by atoms with Crippen molar-refractivity contribution in [1.82, 2.24) is 9.80 Å². The summed E-state index contributed by atoms with van der Waals surface area (Å²) in [6.07, 6.45) is 5.31. The molecule has 1 aliphatic heterocycles. The Labute approximate surface area is 204 Å². The molecule has 1 aliphatic carbocycles. The van der Waals surface area contributed by atoms with Gasteiger partial charge in [-0.05, 0) is 60.0 Å². The summed E-state index contributed by atoms with van der Waals surface area (Å²) in [4.78, 5) is 4.93. The van der Waals surface area contributed by atoms with Crippen molar-refractivity contribution < 1.29 is 9.84 Å². The van der Waals surface area contributed by atoms with Crippen LogP contribution >= 0.6 is 0 Å². The smallest absolute Gasteiger partial charge is 0.119 e. The van der Waals surface area contributed by atoms with E-state index in [4.69, 9.17) is 4.74 Å². The van der Waals surface area contributed by atoms with Crippen molar-refractivity contribution in [3.8, 4) is 5.75 Å². The molecule has 180 valence electrons. The topological polar surface area (TPSA) is 35.9 Å². The molecular weight excluding hydrogens is 420 g/mol. The molecular formula is C30H38N2O2. The summed E-state index contributed by atoms with van der Waals surface area (Å²) < 4.78 is 6.13. The van der Waals surface area contributed by atoms with E-state index >= 15 is 0 Å². The molecule has 1 saturated heterocycles. The van der Waals surface area contributed by atoms with E-state index in [1.54, 1.807) is 0 Å². The zero-order chi connectivity index (χ0) is 23.4. The van der Waals surface area contributed by atoms with Crippen molar-refractivity contribution in [2.24, 2.45) is 0 Å². The number of benzene rings is 3. The molecule has 1 saturated carbocycles. The monoisotopic (exact) mass is 458 g/mol.